The average molecular weight is 276 g/mol. The van der Waals surface area contributed by atoms with E-state index in [1.807, 2.05) is 6.92 Å². The number of aryl methyl sites for hydroxylation is 1. The van der Waals surface area contributed by atoms with Crippen molar-refractivity contribution in [3.05, 3.63) is 41.3 Å². The summed E-state index contributed by atoms with van der Waals surface area (Å²) in [5.74, 6) is -0.541. The van der Waals surface area contributed by atoms with Gasteiger partial charge in [0.1, 0.15) is 5.82 Å². The molecule has 5 heteroatoms. The quantitative estimate of drug-likeness (QED) is 0.933. The molecule has 1 heterocycles. The first-order valence-electron chi connectivity index (χ1n) is 6.38. The third-order valence-electron chi connectivity index (χ3n) is 3.01. The molecule has 1 N–H and O–H groups in total. The summed E-state index contributed by atoms with van der Waals surface area (Å²) in [6.07, 6.45) is 0. The van der Waals surface area contributed by atoms with Crippen molar-refractivity contribution in [2.45, 2.75) is 19.9 Å². The van der Waals surface area contributed by atoms with Crippen LogP contribution in [0, 0.1) is 12.7 Å². The van der Waals surface area contributed by atoms with Crippen LogP contribution in [0.25, 0.3) is 10.9 Å². The van der Waals surface area contributed by atoms with Crippen molar-refractivity contribution < 1.29 is 13.9 Å². The number of benzene rings is 1. The zero-order valence-electron chi connectivity index (χ0n) is 11.7. The summed E-state index contributed by atoms with van der Waals surface area (Å²) in [5.41, 5.74) is 1.61. The van der Waals surface area contributed by atoms with Gasteiger partial charge in [-0.1, -0.05) is 0 Å². The first-order chi connectivity index (χ1) is 9.51. The minimum atomic E-state index is -0.338. The van der Waals surface area contributed by atoms with E-state index in [-0.39, 0.29) is 17.8 Å². The van der Waals surface area contributed by atoms with E-state index in [9.17, 15) is 9.18 Å². The van der Waals surface area contributed by atoms with Crippen LogP contribution in [0.1, 0.15) is 23.0 Å². The number of fused-ring (bicyclic) bond motifs is 1. The summed E-state index contributed by atoms with van der Waals surface area (Å²) >= 11 is 0. The number of halogens is 1. The SMILES string of the molecule is COCC(C)NC(=O)c1cc2ccc(F)cc2nc1C. The Hall–Kier alpha value is -2.01. The number of amides is 1. The number of aromatic nitrogens is 1. The lowest BCUT2D eigenvalue weighted by molar-refractivity contribution is 0.0904. The Labute approximate surface area is 117 Å². The van der Waals surface area contributed by atoms with Crippen molar-refractivity contribution in [2.24, 2.45) is 0 Å². The van der Waals surface area contributed by atoms with Crippen molar-refractivity contribution in [3.63, 3.8) is 0 Å². The van der Waals surface area contributed by atoms with Crippen LogP contribution in [0.4, 0.5) is 4.39 Å². The maximum atomic E-state index is 13.2. The van der Waals surface area contributed by atoms with Gasteiger partial charge in [0.15, 0.2) is 0 Å². The highest BCUT2D eigenvalue weighted by atomic mass is 19.1. The Morgan fingerprint density at radius 1 is 1.45 bits per heavy atom. The van der Waals surface area contributed by atoms with Crippen LogP contribution in [0.3, 0.4) is 0 Å². The number of hydrogen-bond donors (Lipinski definition) is 1. The van der Waals surface area contributed by atoms with Gasteiger partial charge in [0.2, 0.25) is 0 Å². The Kier molecular flexibility index (Phi) is 4.29. The summed E-state index contributed by atoms with van der Waals surface area (Å²) in [6, 6.07) is 5.97. The van der Waals surface area contributed by atoms with Crippen LogP contribution in [0.15, 0.2) is 24.3 Å². The predicted octanol–water partition coefficient (Wildman–Crippen LogP) is 2.45. The molecule has 0 aliphatic rings. The molecule has 0 spiro atoms. The normalized spacial score (nSPS) is 12.4. The molecule has 2 aromatic rings. The van der Waals surface area contributed by atoms with Gasteiger partial charge in [-0.3, -0.25) is 9.78 Å². The molecule has 1 aromatic carbocycles. The van der Waals surface area contributed by atoms with E-state index in [2.05, 4.69) is 10.3 Å². The van der Waals surface area contributed by atoms with Gasteiger partial charge in [-0.15, -0.1) is 0 Å². The van der Waals surface area contributed by atoms with Gasteiger partial charge in [-0.25, -0.2) is 4.39 Å². The lowest BCUT2D eigenvalue weighted by Crippen LogP contribution is -2.36. The number of nitrogens with zero attached hydrogens (tertiary/aromatic N) is 1. The number of nitrogens with one attached hydrogen (secondary N) is 1. The second-order valence-corrected chi connectivity index (χ2v) is 4.79. The predicted molar refractivity (Wildman–Crippen MR) is 75.2 cm³/mol. The second kappa shape index (κ2) is 5.96. The van der Waals surface area contributed by atoms with Gasteiger partial charge in [0.25, 0.3) is 5.91 Å². The summed E-state index contributed by atoms with van der Waals surface area (Å²) in [5, 5.41) is 3.57. The third-order valence-corrected chi connectivity index (χ3v) is 3.01. The smallest absolute Gasteiger partial charge is 0.253 e. The first-order valence-corrected chi connectivity index (χ1v) is 6.38. The van der Waals surface area contributed by atoms with Gasteiger partial charge in [0, 0.05) is 24.6 Å². The fraction of sp³-hybridized carbons (Fsp3) is 0.333. The van der Waals surface area contributed by atoms with Crippen LogP contribution >= 0.6 is 0 Å². The second-order valence-electron chi connectivity index (χ2n) is 4.79. The van der Waals surface area contributed by atoms with E-state index in [0.717, 1.165) is 5.39 Å². The molecule has 0 aliphatic carbocycles. The molecule has 0 bridgehead atoms. The minimum absolute atomic E-state index is 0.0872. The Morgan fingerprint density at radius 3 is 2.90 bits per heavy atom. The van der Waals surface area contributed by atoms with Crippen molar-refractivity contribution in [2.75, 3.05) is 13.7 Å². The minimum Gasteiger partial charge on any atom is -0.383 e. The van der Waals surface area contributed by atoms with Crippen LogP contribution in [-0.2, 0) is 4.74 Å². The van der Waals surface area contributed by atoms with Crippen molar-refractivity contribution in [1.29, 1.82) is 0 Å². The molecule has 2 rings (SSSR count). The van der Waals surface area contributed by atoms with Crippen molar-refractivity contribution >= 4 is 16.8 Å². The highest BCUT2D eigenvalue weighted by Gasteiger charge is 2.14. The number of rotatable bonds is 4. The summed E-state index contributed by atoms with van der Waals surface area (Å²) < 4.78 is 18.1. The van der Waals surface area contributed by atoms with Crippen LogP contribution in [0.2, 0.25) is 0 Å². The third kappa shape index (κ3) is 3.11. The molecule has 20 heavy (non-hydrogen) atoms. The van der Waals surface area contributed by atoms with Crippen LogP contribution in [0.5, 0.6) is 0 Å². The van der Waals surface area contributed by atoms with Crippen molar-refractivity contribution in [3.8, 4) is 0 Å². The van der Waals surface area contributed by atoms with E-state index in [1.165, 1.54) is 12.1 Å². The van der Waals surface area contributed by atoms with E-state index in [0.29, 0.717) is 23.4 Å². The number of carbonyl (C=O) groups is 1. The highest BCUT2D eigenvalue weighted by Crippen LogP contribution is 2.17. The standard InChI is InChI=1S/C15H17FN2O2/c1-9(8-20-3)17-15(19)13-6-11-4-5-12(16)7-14(11)18-10(13)2/h4-7,9H,8H2,1-3H3,(H,17,19). The van der Waals surface area contributed by atoms with E-state index in [4.69, 9.17) is 4.74 Å². The molecule has 4 nitrogen and oxygen atoms in total. The highest BCUT2D eigenvalue weighted by molar-refractivity contribution is 5.98. The zero-order valence-corrected chi connectivity index (χ0v) is 11.7. The summed E-state index contributed by atoms with van der Waals surface area (Å²) in [4.78, 5) is 16.5. The molecule has 1 amide bonds. The fourth-order valence-electron chi connectivity index (χ4n) is 2.06. The molecular weight excluding hydrogens is 259 g/mol. The molecule has 106 valence electrons. The molecular formula is C15H17FN2O2. The number of carbonyl (C=O) groups excluding carboxylic acids is 1. The molecule has 1 unspecified atom stereocenters. The van der Waals surface area contributed by atoms with E-state index in [1.54, 1.807) is 26.2 Å². The molecule has 0 saturated carbocycles. The summed E-state index contributed by atoms with van der Waals surface area (Å²) in [7, 11) is 1.58. The number of hydrogen-bond acceptors (Lipinski definition) is 3. The number of methoxy groups -OCH3 is 1. The van der Waals surface area contributed by atoms with Gasteiger partial charge in [0.05, 0.1) is 23.4 Å². The number of pyridine rings is 1. The molecule has 1 atom stereocenters. The monoisotopic (exact) mass is 276 g/mol. The Bertz CT molecular complexity index is 643. The lowest BCUT2D eigenvalue weighted by Gasteiger charge is -2.14. The molecule has 1 aromatic heterocycles. The lowest BCUT2D eigenvalue weighted by atomic mass is 10.1. The largest absolute Gasteiger partial charge is 0.383 e. The average Bonchev–Trinajstić information content (AvgIpc) is 2.37. The first kappa shape index (κ1) is 14.4. The topological polar surface area (TPSA) is 51.2 Å². The Balaban J connectivity index is 2.32. The van der Waals surface area contributed by atoms with E-state index < -0.39 is 0 Å². The van der Waals surface area contributed by atoms with Crippen LogP contribution in [-0.4, -0.2) is 30.6 Å². The molecule has 0 aliphatic heterocycles. The summed E-state index contributed by atoms with van der Waals surface area (Å²) in [6.45, 7) is 4.04. The molecule has 0 radical (unpaired) electrons. The molecule has 0 fully saturated rings. The van der Waals surface area contributed by atoms with E-state index >= 15 is 0 Å². The Morgan fingerprint density at radius 2 is 2.20 bits per heavy atom. The maximum absolute atomic E-state index is 13.2. The van der Waals surface area contributed by atoms with Gasteiger partial charge in [-0.05, 0) is 32.0 Å². The zero-order chi connectivity index (χ0) is 14.7. The van der Waals surface area contributed by atoms with Gasteiger partial charge in [-0.2, -0.15) is 0 Å². The maximum Gasteiger partial charge on any atom is 0.253 e. The molecule has 0 saturated heterocycles. The fourth-order valence-corrected chi connectivity index (χ4v) is 2.06. The van der Waals surface area contributed by atoms with Crippen LogP contribution < -0.4 is 5.32 Å². The van der Waals surface area contributed by atoms with Crippen molar-refractivity contribution in [1.82, 2.24) is 10.3 Å². The number of ether oxygens (including phenoxy) is 1. The van der Waals surface area contributed by atoms with Gasteiger partial charge >= 0.3 is 0 Å². The van der Waals surface area contributed by atoms with Gasteiger partial charge < -0.3 is 10.1 Å².